The zero-order valence-electron chi connectivity index (χ0n) is 9.02. The monoisotopic (exact) mass is 217 g/mol. The van der Waals surface area contributed by atoms with Crippen LogP contribution in [-0.2, 0) is 16.0 Å². The maximum atomic E-state index is 12.0. The highest BCUT2D eigenvalue weighted by molar-refractivity contribution is 4.94. The van der Waals surface area contributed by atoms with Gasteiger partial charge in [-0.15, -0.1) is 5.10 Å². The maximum absolute atomic E-state index is 12.0. The number of nitrogens with zero attached hydrogens (tertiary/aromatic N) is 3. The molecule has 15 heavy (non-hydrogen) atoms. The van der Waals surface area contributed by atoms with Crippen LogP contribution in [0.3, 0.4) is 0 Å². The number of hydrogen-bond acceptors (Lipinski definition) is 4. The number of hydrogen-bond donors (Lipinski definition) is 0. The molecule has 5 nitrogen and oxygen atoms in total. The Labute approximate surface area is 88.2 Å². The molecule has 0 bridgehead atoms. The Kier molecular flexibility index (Phi) is 5.20. The molecule has 0 unspecified atom stereocenters. The van der Waals surface area contributed by atoms with E-state index in [0.29, 0.717) is 18.9 Å². The first-order valence-electron chi connectivity index (χ1n) is 5.01. The molecular weight excluding hydrogens is 201 g/mol. The third kappa shape index (κ3) is 3.56. The highest BCUT2D eigenvalue weighted by atomic mass is 19.1. The fourth-order valence-corrected chi connectivity index (χ4v) is 1.14. The Morgan fingerprint density at radius 2 is 2.07 bits per heavy atom. The SMILES string of the molecule is CCOC(OCC)c1cn(CCF)nn1. The van der Waals surface area contributed by atoms with Crippen LogP contribution in [0.25, 0.3) is 0 Å². The first-order valence-corrected chi connectivity index (χ1v) is 5.01. The van der Waals surface area contributed by atoms with Gasteiger partial charge in [0, 0.05) is 13.2 Å². The van der Waals surface area contributed by atoms with Crippen molar-refractivity contribution in [2.24, 2.45) is 0 Å². The van der Waals surface area contributed by atoms with Gasteiger partial charge in [-0.3, -0.25) is 0 Å². The van der Waals surface area contributed by atoms with E-state index < -0.39 is 13.0 Å². The van der Waals surface area contributed by atoms with Crippen LogP contribution in [0.15, 0.2) is 6.20 Å². The average Bonchev–Trinajstić information content (AvgIpc) is 2.67. The molecule has 0 aliphatic carbocycles. The lowest BCUT2D eigenvalue weighted by Crippen LogP contribution is -2.09. The molecule has 0 saturated carbocycles. The second kappa shape index (κ2) is 6.47. The predicted molar refractivity (Wildman–Crippen MR) is 52.0 cm³/mol. The van der Waals surface area contributed by atoms with Crippen LogP contribution in [0.2, 0.25) is 0 Å². The number of aromatic nitrogens is 3. The van der Waals surface area contributed by atoms with E-state index in [2.05, 4.69) is 10.3 Å². The Balaban J connectivity index is 2.63. The molecule has 0 aliphatic heterocycles. The van der Waals surface area contributed by atoms with Crippen molar-refractivity contribution in [1.82, 2.24) is 15.0 Å². The average molecular weight is 217 g/mol. The first-order chi connectivity index (χ1) is 7.31. The minimum Gasteiger partial charge on any atom is -0.347 e. The number of halogens is 1. The molecule has 6 heteroatoms. The summed E-state index contributed by atoms with van der Waals surface area (Å²) in [5.74, 6) is 0. The lowest BCUT2D eigenvalue weighted by atomic mass is 10.4. The van der Waals surface area contributed by atoms with E-state index in [9.17, 15) is 4.39 Å². The second-order valence-corrected chi connectivity index (χ2v) is 2.84. The van der Waals surface area contributed by atoms with Crippen LogP contribution in [-0.4, -0.2) is 34.9 Å². The van der Waals surface area contributed by atoms with E-state index in [0.717, 1.165) is 0 Å². The van der Waals surface area contributed by atoms with Gasteiger partial charge in [-0.25, -0.2) is 9.07 Å². The molecule has 0 saturated heterocycles. The highest BCUT2D eigenvalue weighted by Crippen LogP contribution is 2.15. The second-order valence-electron chi connectivity index (χ2n) is 2.84. The van der Waals surface area contributed by atoms with Crippen molar-refractivity contribution in [3.8, 4) is 0 Å². The molecule has 0 N–H and O–H groups in total. The van der Waals surface area contributed by atoms with E-state index in [-0.39, 0.29) is 6.54 Å². The van der Waals surface area contributed by atoms with Crippen molar-refractivity contribution in [1.29, 1.82) is 0 Å². The largest absolute Gasteiger partial charge is 0.347 e. The van der Waals surface area contributed by atoms with Crippen LogP contribution in [0, 0.1) is 0 Å². The smallest absolute Gasteiger partial charge is 0.204 e. The van der Waals surface area contributed by atoms with Crippen molar-refractivity contribution in [3.05, 3.63) is 11.9 Å². The molecule has 0 aliphatic rings. The molecule has 1 aromatic heterocycles. The summed E-state index contributed by atoms with van der Waals surface area (Å²) in [5, 5.41) is 7.63. The lowest BCUT2D eigenvalue weighted by Gasteiger charge is -2.13. The van der Waals surface area contributed by atoms with Gasteiger partial charge in [-0.2, -0.15) is 0 Å². The van der Waals surface area contributed by atoms with E-state index >= 15 is 0 Å². The molecule has 0 spiro atoms. The maximum Gasteiger partial charge on any atom is 0.204 e. The number of alkyl halides is 1. The standard InChI is InChI=1S/C9H16FN3O2/c1-3-14-9(15-4-2)8-7-13(6-5-10)12-11-8/h7,9H,3-6H2,1-2H3. The van der Waals surface area contributed by atoms with E-state index in [1.54, 1.807) is 6.20 Å². The Hall–Kier alpha value is -1.01. The van der Waals surface area contributed by atoms with Gasteiger partial charge in [0.1, 0.15) is 12.4 Å². The van der Waals surface area contributed by atoms with Gasteiger partial charge in [-0.05, 0) is 13.8 Å². The molecule has 0 aromatic carbocycles. The fourth-order valence-electron chi connectivity index (χ4n) is 1.14. The van der Waals surface area contributed by atoms with Crippen molar-refractivity contribution < 1.29 is 13.9 Å². The summed E-state index contributed by atoms with van der Waals surface area (Å²) in [5.41, 5.74) is 0.576. The van der Waals surface area contributed by atoms with Gasteiger partial charge in [0.05, 0.1) is 12.7 Å². The summed E-state index contributed by atoms with van der Waals surface area (Å²) in [7, 11) is 0. The van der Waals surface area contributed by atoms with Gasteiger partial charge >= 0.3 is 0 Å². The van der Waals surface area contributed by atoms with Gasteiger partial charge in [0.15, 0.2) is 0 Å². The van der Waals surface area contributed by atoms with Crippen molar-refractivity contribution in [2.75, 3.05) is 19.9 Å². The van der Waals surface area contributed by atoms with Gasteiger partial charge in [0.2, 0.25) is 6.29 Å². The van der Waals surface area contributed by atoms with Crippen LogP contribution in [0.5, 0.6) is 0 Å². The van der Waals surface area contributed by atoms with Crippen molar-refractivity contribution >= 4 is 0 Å². The molecule has 86 valence electrons. The quantitative estimate of drug-likeness (QED) is 0.646. The summed E-state index contributed by atoms with van der Waals surface area (Å²) in [6, 6.07) is 0. The van der Waals surface area contributed by atoms with E-state index in [1.807, 2.05) is 13.8 Å². The van der Waals surface area contributed by atoms with E-state index in [4.69, 9.17) is 9.47 Å². The summed E-state index contributed by atoms with van der Waals surface area (Å²) < 4.78 is 24.1. The number of rotatable bonds is 7. The van der Waals surface area contributed by atoms with Crippen molar-refractivity contribution in [3.63, 3.8) is 0 Å². The third-order valence-corrected chi connectivity index (χ3v) is 1.75. The molecule has 1 heterocycles. The summed E-state index contributed by atoms with van der Waals surface area (Å²) >= 11 is 0. The Morgan fingerprint density at radius 3 is 2.60 bits per heavy atom. The van der Waals surface area contributed by atoms with Crippen molar-refractivity contribution in [2.45, 2.75) is 26.7 Å². The molecule has 0 atom stereocenters. The molecule has 1 rings (SSSR count). The Morgan fingerprint density at radius 1 is 1.40 bits per heavy atom. The zero-order valence-corrected chi connectivity index (χ0v) is 9.02. The molecule has 0 fully saturated rings. The van der Waals surface area contributed by atoms with Gasteiger partial charge in [-0.1, -0.05) is 5.21 Å². The normalized spacial score (nSPS) is 11.2. The molecule has 0 amide bonds. The third-order valence-electron chi connectivity index (χ3n) is 1.75. The number of ether oxygens (including phenoxy) is 2. The molecule has 0 radical (unpaired) electrons. The van der Waals surface area contributed by atoms with Crippen LogP contribution >= 0.6 is 0 Å². The summed E-state index contributed by atoms with van der Waals surface area (Å²) in [6.45, 7) is 4.55. The molecular formula is C9H16FN3O2. The fraction of sp³-hybridized carbons (Fsp3) is 0.778. The lowest BCUT2D eigenvalue weighted by molar-refractivity contribution is -0.142. The molecule has 1 aromatic rings. The van der Waals surface area contributed by atoms with Crippen LogP contribution < -0.4 is 0 Å². The van der Waals surface area contributed by atoms with Crippen LogP contribution in [0.1, 0.15) is 25.8 Å². The van der Waals surface area contributed by atoms with Crippen LogP contribution in [0.4, 0.5) is 4.39 Å². The topological polar surface area (TPSA) is 49.2 Å². The minimum atomic E-state index is -0.506. The highest BCUT2D eigenvalue weighted by Gasteiger charge is 2.15. The Bertz CT molecular complexity index is 274. The summed E-state index contributed by atoms with van der Waals surface area (Å²) in [6.07, 6.45) is 1.13. The predicted octanol–water partition coefficient (Wildman–Crippen LogP) is 1.32. The minimum absolute atomic E-state index is 0.206. The van der Waals surface area contributed by atoms with Gasteiger partial charge < -0.3 is 9.47 Å². The summed E-state index contributed by atoms with van der Waals surface area (Å²) in [4.78, 5) is 0. The van der Waals surface area contributed by atoms with Gasteiger partial charge in [0.25, 0.3) is 0 Å². The number of aryl methyl sites for hydroxylation is 1. The zero-order chi connectivity index (χ0) is 11.1. The van der Waals surface area contributed by atoms with E-state index in [1.165, 1.54) is 4.68 Å². The first kappa shape index (κ1) is 12.1.